The highest BCUT2D eigenvalue weighted by Gasteiger charge is 2.30. The molecule has 3 nitrogen and oxygen atoms in total. The molecule has 3 aromatic rings. The largest absolute Gasteiger partial charge is 0.264 e. The number of nitrogens with zero attached hydrogens (tertiary/aromatic N) is 1. The molecule has 0 amide bonds. The Labute approximate surface area is 160 Å². The van der Waals surface area contributed by atoms with Crippen LogP contribution in [0.25, 0.3) is 0 Å². The molecule has 5 heteroatoms. The third kappa shape index (κ3) is 4.03. The van der Waals surface area contributed by atoms with Crippen molar-refractivity contribution in [1.29, 1.82) is 0 Å². The Bertz CT molecular complexity index is 1030. The van der Waals surface area contributed by atoms with Gasteiger partial charge in [-0.25, -0.2) is 12.8 Å². The predicted molar refractivity (Wildman–Crippen MR) is 107 cm³/mol. The summed E-state index contributed by atoms with van der Waals surface area (Å²) in [5, 5.41) is 0. The van der Waals surface area contributed by atoms with E-state index in [-0.39, 0.29) is 4.90 Å². The van der Waals surface area contributed by atoms with Crippen LogP contribution in [0.1, 0.15) is 29.7 Å². The summed E-state index contributed by atoms with van der Waals surface area (Å²) >= 11 is 0. The second-order valence-electron chi connectivity index (χ2n) is 6.68. The molecule has 0 saturated carbocycles. The molecule has 0 radical (unpaired) electrons. The lowest BCUT2D eigenvalue weighted by atomic mass is 10.1. The molecule has 0 aliphatic rings. The van der Waals surface area contributed by atoms with E-state index in [2.05, 4.69) is 0 Å². The van der Waals surface area contributed by atoms with Gasteiger partial charge >= 0.3 is 0 Å². The van der Waals surface area contributed by atoms with E-state index in [0.717, 1.165) is 28.8 Å². The maximum Gasteiger partial charge on any atom is 0.264 e. The topological polar surface area (TPSA) is 37.4 Å². The number of halogens is 1. The smallest absolute Gasteiger partial charge is 0.259 e. The zero-order valence-corrected chi connectivity index (χ0v) is 16.4. The Hall–Kier alpha value is -2.66. The summed E-state index contributed by atoms with van der Waals surface area (Å²) in [6.45, 7) is 5.76. The number of sulfonamides is 1. The summed E-state index contributed by atoms with van der Waals surface area (Å²) in [4.78, 5) is 0.0596. The Morgan fingerprint density at radius 2 is 1.48 bits per heavy atom. The summed E-state index contributed by atoms with van der Waals surface area (Å²) in [6, 6.07) is 19.7. The van der Waals surface area contributed by atoms with Crippen LogP contribution in [-0.2, 0) is 10.0 Å². The van der Waals surface area contributed by atoms with Crippen LogP contribution in [0.2, 0.25) is 0 Å². The van der Waals surface area contributed by atoms with E-state index in [0.29, 0.717) is 5.69 Å². The van der Waals surface area contributed by atoms with E-state index >= 15 is 0 Å². The van der Waals surface area contributed by atoms with E-state index in [9.17, 15) is 12.8 Å². The Morgan fingerprint density at radius 1 is 0.852 bits per heavy atom. The Balaban J connectivity index is 2.15. The van der Waals surface area contributed by atoms with Gasteiger partial charge in [-0.05, 0) is 68.3 Å². The average Bonchev–Trinajstić information content (AvgIpc) is 2.62. The molecule has 3 rings (SSSR count). The monoisotopic (exact) mass is 383 g/mol. The van der Waals surface area contributed by atoms with Crippen molar-refractivity contribution in [3.8, 4) is 0 Å². The maximum absolute atomic E-state index is 13.4. The second kappa shape index (κ2) is 7.53. The van der Waals surface area contributed by atoms with Gasteiger partial charge in [0, 0.05) is 0 Å². The molecule has 1 atom stereocenters. The summed E-state index contributed by atoms with van der Waals surface area (Å²) in [5.74, 6) is -0.470. The lowest BCUT2D eigenvalue weighted by molar-refractivity contribution is 0.582. The molecule has 3 aromatic carbocycles. The summed E-state index contributed by atoms with van der Waals surface area (Å²) in [6.07, 6.45) is 0. The van der Waals surface area contributed by atoms with Crippen molar-refractivity contribution >= 4 is 15.7 Å². The Kier molecular flexibility index (Phi) is 5.33. The first-order valence-corrected chi connectivity index (χ1v) is 10.2. The van der Waals surface area contributed by atoms with Gasteiger partial charge < -0.3 is 0 Å². The summed E-state index contributed by atoms with van der Waals surface area (Å²) < 4.78 is 41.6. The minimum Gasteiger partial charge on any atom is -0.259 e. The highest BCUT2D eigenvalue weighted by atomic mass is 32.2. The quantitative estimate of drug-likeness (QED) is 0.592. The highest BCUT2D eigenvalue weighted by molar-refractivity contribution is 7.92. The van der Waals surface area contributed by atoms with E-state index < -0.39 is 21.9 Å². The summed E-state index contributed by atoms with van der Waals surface area (Å²) in [5.41, 5.74) is 3.53. The lowest BCUT2D eigenvalue weighted by Gasteiger charge is -2.31. The third-order valence-electron chi connectivity index (χ3n) is 4.54. The van der Waals surface area contributed by atoms with Crippen molar-refractivity contribution in [3.05, 3.63) is 95.3 Å². The average molecular weight is 383 g/mol. The van der Waals surface area contributed by atoms with Crippen LogP contribution in [0.4, 0.5) is 10.1 Å². The minimum absolute atomic E-state index is 0.0596. The first kappa shape index (κ1) is 19.1. The zero-order chi connectivity index (χ0) is 19.6. The van der Waals surface area contributed by atoms with Crippen molar-refractivity contribution < 1.29 is 12.8 Å². The number of hydrogen-bond donors (Lipinski definition) is 0. The molecule has 1 unspecified atom stereocenters. The molecule has 0 heterocycles. The fourth-order valence-corrected chi connectivity index (χ4v) is 4.67. The van der Waals surface area contributed by atoms with Crippen LogP contribution < -0.4 is 4.31 Å². The predicted octanol–water partition coefficient (Wildman–Crippen LogP) is 5.40. The van der Waals surface area contributed by atoms with E-state index in [4.69, 9.17) is 0 Å². The van der Waals surface area contributed by atoms with Crippen LogP contribution in [0.15, 0.2) is 77.7 Å². The first-order valence-electron chi connectivity index (χ1n) is 8.72. The van der Waals surface area contributed by atoms with Crippen molar-refractivity contribution in [2.45, 2.75) is 31.7 Å². The number of rotatable bonds is 5. The van der Waals surface area contributed by atoms with Crippen LogP contribution in [0.5, 0.6) is 0 Å². The van der Waals surface area contributed by atoms with Gasteiger partial charge in [-0.1, -0.05) is 42.0 Å². The van der Waals surface area contributed by atoms with Gasteiger partial charge in [0.25, 0.3) is 10.0 Å². The van der Waals surface area contributed by atoms with Crippen molar-refractivity contribution in [2.75, 3.05) is 4.31 Å². The second-order valence-corrected chi connectivity index (χ2v) is 8.50. The Morgan fingerprint density at radius 3 is 2.07 bits per heavy atom. The first-order chi connectivity index (χ1) is 12.8. The molecule has 0 bridgehead atoms. The van der Waals surface area contributed by atoms with E-state index in [1.54, 1.807) is 6.07 Å². The van der Waals surface area contributed by atoms with Gasteiger partial charge in [0.05, 0.1) is 16.6 Å². The number of anilines is 1. The van der Waals surface area contributed by atoms with Gasteiger partial charge in [-0.15, -0.1) is 0 Å². The molecule has 0 aromatic heterocycles. The lowest BCUT2D eigenvalue weighted by Crippen LogP contribution is -2.33. The molecule has 0 aliphatic heterocycles. The fraction of sp³-hybridized carbons (Fsp3) is 0.182. The molecule has 0 N–H and O–H groups in total. The number of hydrogen-bond acceptors (Lipinski definition) is 2. The standard InChI is InChI=1S/C22H22FNO2S/c1-16-7-9-19(10-8-16)18(3)24(21-6-4-5-17(2)15-21)27(25,26)22-13-11-20(23)12-14-22/h4-15,18H,1-3H3. The van der Waals surface area contributed by atoms with Crippen molar-refractivity contribution in [3.63, 3.8) is 0 Å². The molecule has 0 spiro atoms. The van der Waals surface area contributed by atoms with Crippen LogP contribution in [0.3, 0.4) is 0 Å². The third-order valence-corrected chi connectivity index (χ3v) is 6.45. The minimum atomic E-state index is -3.88. The number of benzene rings is 3. The highest BCUT2D eigenvalue weighted by Crippen LogP contribution is 2.33. The van der Waals surface area contributed by atoms with Crippen LogP contribution in [0, 0.1) is 19.7 Å². The van der Waals surface area contributed by atoms with E-state index in [1.165, 1.54) is 16.4 Å². The summed E-state index contributed by atoms with van der Waals surface area (Å²) in [7, 11) is -3.88. The van der Waals surface area contributed by atoms with Gasteiger partial charge in [0.2, 0.25) is 0 Å². The molecular weight excluding hydrogens is 361 g/mol. The van der Waals surface area contributed by atoms with Crippen molar-refractivity contribution in [2.24, 2.45) is 0 Å². The van der Waals surface area contributed by atoms with Crippen LogP contribution >= 0.6 is 0 Å². The molecular formula is C22H22FNO2S. The number of aryl methyl sites for hydroxylation is 2. The molecule has 140 valence electrons. The zero-order valence-electron chi connectivity index (χ0n) is 15.6. The van der Waals surface area contributed by atoms with Crippen molar-refractivity contribution in [1.82, 2.24) is 0 Å². The molecule has 0 fully saturated rings. The van der Waals surface area contributed by atoms with Gasteiger partial charge in [-0.3, -0.25) is 4.31 Å². The van der Waals surface area contributed by atoms with Gasteiger partial charge in [0.15, 0.2) is 0 Å². The van der Waals surface area contributed by atoms with Crippen LogP contribution in [-0.4, -0.2) is 8.42 Å². The van der Waals surface area contributed by atoms with E-state index in [1.807, 2.05) is 63.2 Å². The molecule has 27 heavy (non-hydrogen) atoms. The van der Waals surface area contributed by atoms with Gasteiger partial charge in [0.1, 0.15) is 5.82 Å². The SMILES string of the molecule is Cc1ccc(C(C)N(c2cccc(C)c2)S(=O)(=O)c2ccc(F)cc2)cc1. The normalized spacial score (nSPS) is 12.6. The fourth-order valence-electron chi connectivity index (χ4n) is 3.04. The molecule has 0 aliphatic carbocycles. The van der Waals surface area contributed by atoms with Gasteiger partial charge in [-0.2, -0.15) is 0 Å². The maximum atomic E-state index is 13.4. The molecule has 0 saturated heterocycles.